The van der Waals surface area contributed by atoms with Gasteiger partial charge < -0.3 is 9.80 Å². The summed E-state index contributed by atoms with van der Waals surface area (Å²) in [6.45, 7) is 3.41. The van der Waals surface area contributed by atoms with Crippen molar-refractivity contribution in [3.63, 3.8) is 0 Å². The number of nitrogens with zero attached hydrogens (tertiary/aromatic N) is 4. The monoisotopic (exact) mass is 374 g/mol. The highest BCUT2D eigenvalue weighted by molar-refractivity contribution is 7.91. The van der Waals surface area contributed by atoms with E-state index in [4.69, 9.17) is 0 Å². The van der Waals surface area contributed by atoms with Gasteiger partial charge in [0.05, 0.1) is 9.60 Å². The minimum absolute atomic E-state index is 0.305. The van der Waals surface area contributed by atoms with E-state index in [0.717, 1.165) is 41.8 Å². The number of hydrogen-bond acceptors (Lipinski definition) is 7. The van der Waals surface area contributed by atoms with Gasteiger partial charge in [0.1, 0.15) is 11.3 Å². The van der Waals surface area contributed by atoms with Gasteiger partial charge in [0.2, 0.25) is 0 Å². The topological polar surface area (TPSA) is 66.4 Å². The van der Waals surface area contributed by atoms with Crippen molar-refractivity contribution in [3.8, 4) is 0 Å². The molecule has 6 nitrogen and oxygen atoms in total. The predicted molar refractivity (Wildman–Crippen MR) is 101 cm³/mol. The average molecular weight is 374 g/mol. The van der Waals surface area contributed by atoms with E-state index in [1.165, 1.54) is 6.26 Å². The molecular weight excluding hydrogens is 356 g/mol. The van der Waals surface area contributed by atoms with Crippen LogP contribution in [0.25, 0.3) is 10.2 Å². The Bertz CT molecular complexity index is 994. The van der Waals surface area contributed by atoms with Gasteiger partial charge in [-0.2, -0.15) is 0 Å². The van der Waals surface area contributed by atoms with E-state index in [-0.39, 0.29) is 0 Å². The van der Waals surface area contributed by atoms with Crippen molar-refractivity contribution in [2.75, 3.05) is 42.2 Å². The molecule has 0 spiro atoms. The van der Waals surface area contributed by atoms with Crippen molar-refractivity contribution in [1.29, 1.82) is 0 Å². The highest BCUT2D eigenvalue weighted by Gasteiger charge is 2.22. The number of para-hydroxylation sites is 1. The van der Waals surface area contributed by atoms with E-state index in [0.29, 0.717) is 10.4 Å². The van der Waals surface area contributed by atoms with Crippen LogP contribution in [0.1, 0.15) is 0 Å². The van der Waals surface area contributed by atoms with Gasteiger partial charge in [-0.1, -0.05) is 23.5 Å². The second kappa shape index (κ2) is 6.27. The number of pyridine rings is 1. The van der Waals surface area contributed by atoms with Gasteiger partial charge in [0.15, 0.2) is 15.0 Å². The van der Waals surface area contributed by atoms with Crippen molar-refractivity contribution < 1.29 is 8.42 Å². The smallest absolute Gasteiger partial charge is 0.186 e. The fraction of sp³-hybridized carbons (Fsp3) is 0.294. The van der Waals surface area contributed by atoms with Crippen molar-refractivity contribution >= 4 is 42.3 Å². The van der Waals surface area contributed by atoms with Gasteiger partial charge in [-0.15, -0.1) is 0 Å². The summed E-state index contributed by atoms with van der Waals surface area (Å²) in [5.74, 6) is 0.991. The van der Waals surface area contributed by atoms with E-state index in [9.17, 15) is 8.42 Å². The second-order valence-electron chi connectivity index (χ2n) is 6.03. The zero-order valence-electron chi connectivity index (χ0n) is 13.8. The Labute approximate surface area is 150 Å². The largest absolute Gasteiger partial charge is 0.353 e. The first-order valence-electron chi connectivity index (χ1n) is 8.03. The highest BCUT2D eigenvalue weighted by Crippen LogP contribution is 2.33. The van der Waals surface area contributed by atoms with Crippen LogP contribution in [-0.4, -0.2) is 50.8 Å². The number of thiazole rings is 1. The third-order valence-electron chi connectivity index (χ3n) is 4.29. The Kier molecular flexibility index (Phi) is 4.09. The molecule has 1 aliphatic rings. The molecule has 3 heterocycles. The Hall–Kier alpha value is -2.19. The number of anilines is 2. The number of fused-ring (bicyclic) bond motifs is 1. The summed E-state index contributed by atoms with van der Waals surface area (Å²) in [6.07, 6.45) is 3.04. The standard InChI is InChI=1S/C17H18N4O2S2/c1-25(22,23)14-6-4-5-13-16(14)19-17(24-13)21-11-9-20(10-12-21)15-7-2-3-8-18-15/h2-8H,9-12H2,1H3. The normalized spacial score (nSPS) is 15.7. The van der Waals surface area contributed by atoms with Crippen molar-refractivity contribution in [2.45, 2.75) is 4.90 Å². The number of hydrogen-bond donors (Lipinski definition) is 0. The van der Waals surface area contributed by atoms with Crippen molar-refractivity contribution in [1.82, 2.24) is 9.97 Å². The van der Waals surface area contributed by atoms with Crippen molar-refractivity contribution in [3.05, 3.63) is 42.6 Å². The SMILES string of the molecule is CS(=O)(=O)c1cccc2sc(N3CCN(c4ccccn4)CC3)nc12. The molecule has 3 aromatic rings. The molecule has 4 rings (SSSR count). The molecule has 0 saturated carbocycles. The first-order valence-corrected chi connectivity index (χ1v) is 10.7. The molecule has 8 heteroatoms. The van der Waals surface area contributed by atoms with Crippen LogP contribution in [0, 0.1) is 0 Å². The number of aromatic nitrogens is 2. The van der Waals surface area contributed by atoms with E-state index in [1.807, 2.05) is 30.5 Å². The molecule has 0 amide bonds. The fourth-order valence-corrected chi connectivity index (χ4v) is 4.96. The van der Waals surface area contributed by atoms with Gasteiger partial charge in [-0.05, 0) is 24.3 Å². The first-order chi connectivity index (χ1) is 12.0. The third kappa shape index (κ3) is 3.19. The van der Waals surface area contributed by atoms with Gasteiger partial charge in [0, 0.05) is 38.6 Å². The third-order valence-corrected chi connectivity index (χ3v) is 6.50. The van der Waals surface area contributed by atoms with E-state index in [2.05, 4.69) is 19.8 Å². The lowest BCUT2D eigenvalue weighted by molar-refractivity contribution is 0.602. The highest BCUT2D eigenvalue weighted by atomic mass is 32.2. The molecule has 0 bridgehead atoms. The quantitative estimate of drug-likeness (QED) is 0.701. The molecule has 2 aromatic heterocycles. The average Bonchev–Trinajstić information content (AvgIpc) is 3.06. The van der Waals surface area contributed by atoms with Crippen LogP contribution in [0.3, 0.4) is 0 Å². The molecular formula is C17H18N4O2S2. The summed E-state index contributed by atoms with van der Waals surface area (Å²) in [5.41, 5.74) is 0.581. The lowest BCUT2D eigenvalue weighted by Crippen LogP contribution is -2.46. The summed E-state index contributed by atoms with van der Waals surface area (Å²) in [5, 5.41) is 0.881. The van der Waals surface area contributed by atoms with Crippen LogP contribution in [0.15, 0.2) is 47.5 Å². The summed E-state index contributed by atoms with van der Waals surface area (Å²) in [4.78, 5) is 13.8. The molecule has 1 fully saturated rings. The minimum atomic E-state index is -3.28. The first kappa shape index (κ1) is 16.3. The minimum Gasteiger partial charge on any atom is -0.353 e. The number of benzene rings is 1. The van der Waals surface area contributed by atoms with Crippen LogP contribution in [0.5, 0.6) is 0 Å². The fourth-order valence-electron chi connectivity index (χ4n) is 3.01. The van der Waals surface area contributed by atoms with E-state index < -0.39 is 9.84 Å². The molecule has 0 unspecified atom stereocenters. The molecule has 0 aliphatic carbocycles. The molecule has 1 aliphatic heterocycles. The second-order valence-corrected chi connectivity index (χ2v) is 9.03. The molecule has 130 valence electrons. The van der Waals surface area contributed by atoms with Crippen LogP contribution >= 0.6 is 11.3 Å². The van der Waals surface area contributed by atoms with E-state index in [1.54, 1.807) is 23.5 Å². The van der Waals surface area contributed by atoms with Crippen LogP contribution in [0.4, 0.5) is 10.9 Å². The molecule has 25 heavy (non-hydrogen) atoms. The van der Waals surface area contributed by atoms with Gasteiger partial charge in [-0.25, -0.2) is 18.4 Å². The summed E-state index contributed by atoms with van der Waals surface area (Å²) in [6, 6.07) is 11.3. The lowest BCUT2D eigenvalue weighted by Gasteiger charge is -2.35. The van der Waals surface area contributed by atoms with Crippen LogP contribution < -0.4 is 9.80 Å². The molecule has 0 radical (unpaired) electrons. The molecule has 1 aromatic carbocycles. The maximum Gasteiger partial charge on any atom is 0.186 e. The Morgan fingerprint density at radius 2 is 1.76 bits per heavy atom. The molecule has 1 saturated heterocycles. The number of piperazine rings is 1. The zero-order chi connectivity index (χ0) is 17.4. The van der Waals surface area contributed by atoms with Gasteiger partial charge in [-0.3, -0.25) is 0 Å². The summed E-state index contributed by atoms with van der Waals surface area (Å²) >= 11 is 1.55. The van der Waals surface area contributed by atoms with Gasteiger partial charge in [0.25, 0.3) is 0 Å². The maximum atomic E-state index is 12.0. The summed E-state index contributed by atoms with van der Waals surface area (Å²) < 4.78 is 24.8. The summed E-state index contributed by atoms with van der Waals surface area (Å²) in [7, 11) is -3.28. The lowest BCUT2D eigenvalue weighted by atomic mass is 10.3. The number of rotatable bonds is 3. The van der Waals surface area contributed by atoms with Gasteiger partial charge >= 0.3 is 0 Å². The molecule has 0 N–H and O–H groups in total. The van der Waals surface area contributed by atoms with Crippen LogP contribution in [-0.2, 0) is 9.84 Å². The Balaban J connectivity index is 1.58. The van der Waals surface area contributed by atoms with Crippen molar-refractivity contribution in [2.24, 2.45) is 0 Å². The number of sulfone groups is 1. The van der Waals surface area contributed by atoms with E-state index >= 15 is 0 Å². The van der Waals surface area contributed by atoms with Crippen LogP contribution in [0.2, 0.25) is 0 Å². The zero-order valence-corrected chi connectivity index (χ0v) is 15.4. The Morgan fingerprint density at radius 3 is 2.44 bits per heavy atom. The maximum absolute atomic E-state index is 12.0. The predicted octanol–water partition coefficient (Wildman–Crippen LogP) is 2.42. The molecule has 0 atom stereocenters. The Morgan fingerprint density at radius 1 is 1.00 bits per heavy atom.